The molecule has 0 radical (unpaired) electrons. The van der Waals surface area contributed by atoms with Crippen LogP contribution in [0, 0.1) is 21.4 Å². The monoisotopic (exact) mass is 463 g/mol. The highest BCUT2D eigenvalue weighted by atomic mass is 32.2. The molecule has 0 heterocycles. The predicted molar refractivity (Wildman–Crippen MR) is 119 cm³/mol. The first-order valence-corrected chi connectivity index (χ1v) is 10.9. The van der Waals surface area contributed by atoms with Gasteiger partial charge in [-0.3, -0.25) is 14.9 Å². The van der Waals surface area contributed by atoms with Crippen molar-refractivity contribution in [3.8, 4) is 11.8 Å². The van der Waals surface area contributed by atoms with Gasteiger partial charge in [-0.25, -0.2) is 0 Å². The minimum atomic E-state index is -4.20. The van der Waals surface area contributed by atoms with Crippen molar-refractivity contribution in [3.63, 3.8) is 0 Å². The van der Waals surface area contributed by atoms with E-state index in [0.717, 1.165) is 29.8 Å². The molecule has 0 saturated heterocycles. The van der Waals surface area contributed by atoms with E-state index in [9.17, 15) is 28.6 Å². The third-order valence-electron chi connectivity index (χ3n) is 4.39. The molecule has 0 aliphatic heterocycles. The summed E-state index contributed by atoms with van der Waals surface area (Å²) in [7, 11) is -4.20. The second-order valence-corrected chi connectivity index (χ2v) is 8.24. The summed E-state index contributed by atoms with van der Waals surface area (Å²) in [5, 5.41) is 22.7. The number of nitrogens with one attached hydrogen (secondary N) is 1. The maximum Gasteiger partial charge on any atom is 0.339 e. The summed E-state index contributed by atoms with van der Waals surface area (Å²) in [5.41, 5.74) is 1.02. The number of amides is 1. The predicted octanol–water partition coefficient (Wildman–Crippen LogP) is 3.59. The van der Waals surface area contributed by atoms with Crippen LogP contribution in [0.3, 0.4) is 0 Å². The first kappa shape index (κ1) is 23.2. The lowest BCUT2D eigenvalue weighted by Gasteiger charge is -2.07. The molecule has 3 aromatic carbocycles. The maximum absolute atomic E-state index is 12.4. The number of rotatable bonds is 8. The lowest BCUT2D eigenvalue weighted by Crippen LogP contribution is -2.23. The number of nitrogens with zero attached hydrogens (tertiary/aromatic N) is 2. The Bertz CT molecular complexity index is 1330. The number of benzene rings is 3. The van der Waals surface area contributed by atoms with E-state index in [4.69, 9.17) is 4.18 Å². The molecule has 0 atom stereocenters. The third-order valence-corrected chi connectivity index (χ3v) is 5.66. The molecule has 0 bridgehead atoms. The number of carbonyl (C=O) groups is 1. The van der Waals surface area contributed by atoms with Gasteiger partial charge in [0.15, 0.2) is 0 Å². The average Bonchev–Trinajstić information content (AvgIpc) is 2.82. The minimum Gasteiger partial charge on any atom is -0.379 e. The Kier molecular flexibility index (Phi) is 7.17. The van der Waals surface area contributed by atoms with Crippen molar-refractivity contribution < 1.29 is 22.3 Å². The lowest BCUT2D eigenvalue weighted by atomic mass is 10.1. The van der Waals surface area contributed by atoms with Crippen molar-refractivity contribution in [2.45, 2.75) is 11.4 Å². The van der Waals surface area contributed by atoms with Gasteiger partial charge in [-0.05, 0) is 41.5 Å². The standard InChI is InChI=1S/C23H17N3O6S/c24-15-19(23(27)25-16-18-4-2-1-3-5-18)14-17-6-10-21(11-7-17)32-33(30,31)22-12-8-20(9-13-22)26(28)29/h1-14H,16H2,(H,25,27)/b19-14+. The summed E-state index contributed by atoms with van der Waals surface area (Å²) in [6, 6.07) is 21.1. The van der Waals surface area contributed by atoms with Crippen molar-refractivity contribution in [1.29, 1.82) is 5.26 Å². The first-order valence-electron chi connectivity index (χ1n) is 9.51. The lowest BCUT2D eigenvalue weighted by molar-refractivity contribution is -0.384. The summed E-state index contributed by atoms with van der Waals surface area (Å²) in [6.45, 7) is 0.270. The van der Waals surface area contributed by atoms with Gasteiger partial charge in [-0.2, -0.15) is 13.7 Å². The van der Waals surface area contributed by atoms with Gasteiger partial charge in [-0.15, -0.1) is 0 Å². The first-order chi connectivity index (χ1) is 15.8. The zero-order valence-electron chi connectivity index (χ0n) is 17.0. The van der Waals surface area contributed by atoms with Gasteiger partial charge < -0.3 is 9.50 Å². The van der Waals surface area contributed by atoms with Gasteiger partial charge in [-0.1, -0.05) is 42.5 Å². The molecule has 3 rings (SSSR count). The van der Waals surface area contributed by atoms with Crippen molar-refractivity contribution >= 4 is 27.8 Å². The number of carbonyl (C=O) groups excluding carboxylic acids is 1. The normalized spacial score (nSPS) is 11.3. The summed E-state index contributed by atoms with van der Waals surface area (Å²) < 4.78 is 29.8. The van der Waals surface area contributed by atoms with Gasteiger partial charge in [0.05, 0.1) is 4.92 Å². The zero-order chi connectivity index (χ0) is 23.8. The quantitative estimate of drug-likeness (QED) is 0.177. The number of hydrogen-bond acceptors (Lipinski definition) is 7. The fraction of sp³-hybridized carbons (Fsp3) is 0.0435. The molecule has 1 N–H and O–H groups in total. The van der Waals surface area contributed by atoms with Crippen LogP contribution >= 0.6 is 0 Å². The van der Waals surface area contributed by atoms with E-state index in [1.165, 1.54) is 30.3 Å². The van der Waals surface area contributed by atoms with Crippen LogP contribution in [0.15, 0.2) is 89.3 Å². The van der Waals surface area contributed by atoms with Crippen LogP contribution < -0.4 is 9.50 Å². The molecule has 1 amide bonds. The van der Waals surface area contributed by atoms with Gasteiger partial charge in [0.1, 0.15) is 22.3 Å². The molecule has 0 saturated carbocycles. The van der Waals surface area contributed by atoms with E-state index in [2.05, 4.69) is 5.32 Å². The van der Waals surface area contributed by atoms with Crippen molar-refractivity contribution in [2.75, 3.05) is 0 Å². The van der Waals surface area contributed by atoms with Gasteiger partial charge in [0, 0.05) is 18.7 Å². The van der Waals surface area contributed by atoms with Gasteiger partial charge >= 0.3 is 10.1 Å². The Morgan fingerprint density at radius 2 is 1.67 bits per heavy atom. The fourth-order valence-corrected chi connectivity index (χ4v) is 3.65. The number of nitro groups is 1. The number of non-ortho nitro benzene ring substituents is 1. The molecule has 0 fully saturated rings. The number of nitriles is 1. The summed E-state index contributed by atoms with van der Waals surface area (Å²) in [5.74, 6) is -0.542. The van der Waals surface area contributed by atoms with E-state index in [1.807, 2.05) is 36.4 Å². The Morgan fingerprint density at radius 3 is 2.24 bits per heavy atom. The summed E-state index contributed by atoms with van der Waals surface area (Å²) in [6.07, 6.45) is 1.37. The summed E-state index contributed by atoms with van der Waals surface area (Å²) >= 11 is 0. The molecular formula is C23H17N3O6S. The van der Waals surface area contributed by atoms with Crippen LogP contribution in [-0.4, -0.2) is 19.2 Å². The average molecular weight is 463 g/mol. The second-order valence-electron chi connectivity index (χ2n) is 6.70. The zero-order valence-corrected chi connectivity index (χ0v) is 17.9. The molecule has 0 aliphatic rings. The van der Waals surface area contributed by atoms with Gasteiger partial charge in [0.2, 0.25) is 0 Å². The molecule has 0 aliphatic carbocycles. The minimum absolute atomic E-state index is 0.00228. The SMILES string of the molecule is N#C/C(=C\c1ccc(OS(=O)(=O)c2ccc([N+](=O)[O-])cc2)cc1)C(=O)NCc1ccccc1. The molecule has 0 aromatic heterocycles. The number of hydrogen-bond donors (Lipinski definition) is 1. The van der Waals surface area contributed by atoms with Crippen LogP contribution in [0.4, 0.5) is 5.69 Å². The van der Waals surface area contributed by atoms with Gasteiger partial charge in [0.25, 0.3) is 11.6 Å². The number of nitro benzene ring substituents is 1. The van der Waals surface area contributed by atoms with Crippen LogP contribution in [-0.2, 0) is 21.5 Å². The van der Waals surface area contributed by atoms with E-state index in [0.29, 0.717) is 5.56 Å². The largest absolute Gasteiger partial charge is 0.379 e. The molecule has 0 unspecified atom stereocenters. The van der Waals surface area contributed by atoms with E-state index in [1.54, 1.807) is 0 Å². The smallest absolute Gasteiger partial charge is 0.339 e. The Morgan fingerprint density at radius 1 is 1.03 bits per heavy atom. The van der Waals surface area contributed by atoms with Crippen LogP contribution in [0.25, 0.3) is 6.08 Å². The highest BCUT2D eigenvalue weighted by Gasteiger charge is 2.18. The molecule has 9 nitrogen and oxygen atoms in total. The Hall–Kier alpha value is -4.49. The highest BCUT2D eigenvalue weighted by molar-refractivity contribution is 7.87. The fourth-order valence-electron chi connectivity index (χ4n) is 2.72. The van der Waals surface area contributed by atoms with Crippen molar-refractivity contribution in [3.05, 3.63) is 106 Å². The van der Waals surface area contributed by atoms with Crippen LogP contribution in [0.1, 0.15) is 11.1 Å². The maximum atomic E-state index is 12.4. The topological polar surface area (TPSA) is 139 Å². The second kappa shape index (κ2) is 10.2. The Balaban J connectivity index is 1.68. The van der Waals surface area contributed by atoms with E-state index >= 15 is 0 Å². The third kappa shape index (κ3) is 6.25. The highest BCUT2D eigenvalue weighted by Crippen LogP contribution is 2.22. The Labute approximate surface area is 189 Å². The molecule has 0 spiro atoms. The van der Waals surface area contributed by atoms with Crippen molar-refractivity contribution in [1.82, 2.24) is 5.32 Å². The molecule has 166 valence electrons. The summed E-state index contributed by atoms with van der Waals surface area (Å²) in [4.78, 5) is 22.1. The van der Waals surface area contributed by atoms with E-state index in [-0.39, 0.29) is 28.5 Å². The molecular weight excluding hydrogens is 446 g/mol. The van der Waals surface area contributed by atoms with Crippen LogP contribution in [0.5, 0.6) is 5.75 Å². The van der Waals surface area contributed by atoms with Crippen LogP contribution in [0.2, 0.25) is 0 Å². The molecule has 10 heteroatoms. The van der Waals surface area contributed by atoms with Crippen molar-refractivity contribution in [2.24, 2.45) is 0 Å². The molecule has 3 aromatic rings. The molecule has 33 heavy (non-hydrogen) atoms. The van der Waals surface area contributed by atoms with E-state index < -0.39 is 20.9 Å².